The van der Waals surface area contributed by atoms with Crippen molar-refractivity contribution in [2.75, 3.05) is 5.32 Å². The molecule has 4 nitrogen and oxygen atoms in total. The lowest BCUT2D eigenvalue weighted by Gasteiger charge is -2.42. The topological polar surface area (TPSA) is 66.0 Å². The number of halogens is 4. The fourth-order valence-corrected chi connectivity index (χ4v) is 4.75. The number of benzene rings is 2. The number of nitriles is 1. The fourth-order valence-electron chi connectivity index (χ4n) is 4.75. The molecular weight excluding hydrogens is 472 g/mol. The van der Waals surface area contributed by atoms with Crippen LogP contribution in [0.5, 0.6) is 0 Å². The zero-order chi connectivity index (χ0) is 26.6. The Kier molecular flexibility index (Phi) is 6.24. The van der Waals surface area contributed by atoms with Crippen molar-refractivity contribution < 1.29 is 26.8 Å². The maximum absolute atomic E-state index is 14.2. The Balaban J connectivity index is 1.60. The average Bonchev–Trinajstić information content (AvgIpc) is 3.28. The summed E-state index contributed by atoms with van der Waals surface area (Å²) in [5.74, 6) is -8.46. The quantitative estimate of drug-likeness (QED) is 0.305. The van der Waals surface area contributed by atoms with Gasteiger partial charge >= 0.3 is 0 Å². The lowest BCUT2D eigenvalue weighted by molar-refractivity contribution is 0.0994. The number of carbonyl (C=O) groups excluding carboxylic acids is 1. The predicted molar refractivity (Wildman–Crippen MR) is 127 cm³/mol. The molecule has 8 heteroatoms. The van der Waals surface area contributed by atoms with Crippen LogP contribution in [-0.4, -0.2) is 5.91 Å². The molecule has 188 valence electrons. The third kappa shape index (κ3) is 4.27. The molecule has 1 aromatic heterocycles. The van der Waals surface area contributed by atoms with Crippen molar-refractivity contribution in [3.05, 3.63) is 86.9 Å². The van der Waals surface area contributed by atoms with E-state index in [1.54, 1.807) is 11.4 Å². The first-order valence-corrected chi connectivity index (χ1v) is 11.6. The van der Waals surface area contributed by atoms with Gasteiger partial charge in [0.05, 0.1) is 0 Å². The minimum absolute atomic E-state index is 0.0152. The van der Waals surface area contributed by atoms with E-state index in [1.807, 2.05) is 6.92 Å². The van der Waals surface area contributed by atoms with E-state index in [-0.39, 0.29) is 16.6 Å². The maximum atomic E-state index is 14.2. The van der Waals surface area contributed by atoms with Gasteiger partial charge in [0.15, 0.2) is 29.0 Å². The molecule has 3 aromatic rings. The zero-order valence-corrected chi connectivity index (χ0v) is 20.7. The van der Waals surface area contributed by atoms with Gasteiger partial charge in [-0.1, -0.05) is 39.8 Å². The second-order valence-electron chi connectivity index (χ2n) is 10.6. The molecule has 36 heavy (non-hydrogen) atoms. The second-order valence-corrected chi connectivity index (χ2v) is 10.6. The van der Waals surface area contributed by atoms with E-state index in [2.05, 4.69) is 39.8 Å². The number of carbonyl (C=O) groups is 1. The average molecular weight is 499 g/mol. The number of hydrogen-bond donors (Lipinski definition) is 1. The van der Waals surface area contributed by atoms with E-state index in [9.17, 15) is 22.4 Å². The van der Waals surface area contributed by atoms with E-state index in [0.29, 0.717) is 12.2 Å². The summed E-state index contributed by atoms with van der Waals surface area (Å²) in [6, 6.07) is 8.33. The normalized spacial score (nSPS) is 15.8. The van der Waals surface area contributed by atoms with Crippen LogP contribution in [0.2, 0.25) is 0 Å². The number of aryl methyl sites for hydroxylation is 1. The first-order chi connectivity index (χ1) is 16.8. The van der Waals surface area contributed by atoms with Crippen LogP contribution in [0.3, 0.4) is 0 Å². The molecule has 0 saturated carbocycles. The minimum atomic E-state index is -1.89. The number of hydrogen-bond acceptors (Lipinski definition) is 3. The Morgan fingerprint density at radius 3 is 2.08 bits per heavy atom. The van der Waals surface area contributed by atoms with Crippen LogP contribution in [0.25, 0.3) is 0 Å². The van der Waals surface area contributed by atoms with Crippen molar-refractivity contribution in [3.63, 3.8) is 0 Å². The van der Waals surface area contributed by atoms with Gasteiger partial charge in [0.1, 0.15) is 23.1 Å². The van der Waals surface area contributed by atoms with Crippen molar-refractivity contribution in [1.29, 1.82) is 5.26 Å². The summed E-state index contributed by atoms with van der Waals surface area (Å²) >= 11 is 0. The molecule has 0 bridgehead atoms. The molecule has 1 N–H and O–H groups in total. The molecule has 1 aliphatic rings. The van der Waals surface area contributed by atoms with Crippen LogP contribution in [0.1, 0.15) is 84.7 Å². The minimum Gasteiger partial charge on any atom is -0.456 e. The van der Waals surface area contributed by atoms with Crippen molar-refractivity contribution in [3.8, 4) is 6.07 Å². The van der Waals surface area contributed by atoms with Crippen LogP contribution in [-0.2, 0) is 17.3 Å². The molecule has 0 atom stereocenters. The van der Waals surface area contributed by atoms with E-state index < -0.39 is 40.4 Å². The maximum Gasteiger partial charge on any atom is 0.291 e. The van der Waals surface area contributed by atoms with Crippen molar-refractivity contribution in [1.82, 2.24) is 0 Å². The highest BCUT2D eigenvalue weighted by Crippen LogP contribution is 2.46. The van der Waals surface area contributed by atoms with Crippen molar-refractivity contribution in [2.45, 2.75) is 64.7 Å². The van der Waals surface area contributed by atoms with E-state index in [1.165, 1.54) is 17.2 Å². The molecule has 0 spiro atoms. The highest BCUT2D eigenvalue weighted by Gasteiger charge is 2.37. The van der Waals surface area contributed by atoms with Crippen molar-refractivity contribution >= 4 is 11.6 Å². The van der Waals surface area contributed by atoms with Gasteiger partial charge in [0.2, 0.25) is 0 Å². The molecule has 0 fully saturated rings. The van der Waals surface area contributed by atoms with Gasteiger partial charge < -0.3 is 9.73 Å². The third-order valence-electron chi connectivity index (χ3n) is 7.17. The predicted octanol–water partition coefficient (Wildman–Crippen LogP) is 7.21. The number of furan rings is 1. The molecule has 4 rings (SSSR count). The summed E-state index contributed by atoms with van der Waals surface area (Å²) in [6.07, 6.45) is 2.53. The van der Waals surface area contributed by atoms with Crippen LogP contribution in [0, 0.1) is 41.5 Å². The number of nitrogens with one attached hydrogen (secondary N) is 1. The Labute approximate surface area is 206 Å². The molecule has 0 radical (unpaired) electrons. The Hall–Kier alpha value is -3.60. The highest BCUT2D eigenvalue weighted by molar-refractivity contribution is 6.02. The molecular formula is C28H26F4N2O2. The smallest absolute Gasteiger partial charge is 0.291 e. The summed E-state index contributed by atoms with van der Waals surface area (Å²) in [4.78, 5) is 12.5. The van der Waals surface area contributed by atoms with Gasteiger partial charge in [-0.3, -0.25) is 4.79 Å². The Morgan fingerprint density at radius 2 is 1.53 bits per heavy atom. The number of rotatable bonds is 4. The molecule has 1 amide bonds. The van der Waals surface area contributed by atoms with Gasteiger partial charge in [0.25, 0.3) is 5.91 Å². The monoisotopic (exact) mass is 498 g/mol. The fraction of sp³-hybridized carbons (Fsp3) is 0.357. The largest absolute Gasteiger partial charge is 0.456 e. The lowest BCUT2D eigenvalue weighted by atomic mass is 9.62. The summed E-state index contributed by atoms with van der Waals surface area (Å²) in [7, 11) is 0. The number of anilines is 1. The van der Waals surface area contributed by atoms with Crippen LogP contribution >= 0.6 is 0 Å². The number of nitrogens with zero attached hydrogens (tertiary/aromatic N) is 1. The van der Waals surface area contributed by atoms with Gasteiger partial charge in [-0.2, -0.15) is 5.26 Å². The SMILES string of the molecule is Cc1cc2c(cc1Cc1ccc(C(=O)Nc3c(F)c(F)c(C#N)c(F)c3F)o1)C(C)(C)CCC2(C)C. The van der Waals surface area contributed by atoms with Gasteiger partial charge in [-0.15, -0.1) is 0 Å². The summed E-state index contributed by atoms with van der Waals surface area (Å²) < 4.78 is 61.7. The molecule has 1 aliphatic carbocycles. The number of amides is 1. The molecule has 1 heterocycles. The molecule has 0 aliphatic heterocycles. The first-order valence-electron chi connectivity index (χ1n) is 11.6. The molecule has 0 unspecified atom stereocenters. The lowest BCUT2D eigenvalue weighted by Crippen LogP contribution is -2.34. The first kappa shape index (κ1) is 25.5. The number of fused-ring (bicyclic) bond motifs is 1. The second kappa shape index (κ2) is 8.81. The Morgan fingerprint density at radius 1 is 0.972 bits per heavy atom. The van der Waals surface area contributed by atoms with Crippen molar-refractivity contribution in [2.24, 2.45) is 0 Å². The highest BCUT2D eigenvalue weighted by atomic mass is 19.2. The Bertz CT molecular complexity index is 1400. The van der Waals surface area contributed by atoms with E-state index in [4.69, 9.17) is 9.68 Å². The summed E-state index contributed by atoms with van der Waals surface area (Å²) in [5.41, 5.74) is 2.05. The zero-order valence-electron chi connectivity index (χ0n) is 20.7. The summed E-state index contributed by atoms with van der Waals surface area (Å²) in [6.45, 7) is 11.0. The van der Waals surface area contributed by atoms with Gasteiger partial charge in [-0.05, 0) is 65.0 Å². The van der Waals surface area contributed by atoms with Crippen LogP contribution < -0.4 is 5.32 Å². The molecule has 2 aromatic carbocycles. The molecule has 0 saturated heterocycles. The van der Waals surface area contributed by atoms with E-state index in [0.717, 1.165) is 30.0 Å². The van der Waals surface area contributed by atoms with Gasteiger partial charge in [-0.25, -0.2) is 17.6 Å². The summed E-state index contributed by atoms with van der Waals surface area (Å²) in [5, 5.41) is 10.5. The standard InChI is InChI=1S/C28H26F4N2O2/c1-14-10-18-19(28(4,5)9-8-27(18,2)3)12-15(14)11-16-6-7-20(36-16)26(35)34-25-23(31)21(29)17(13-33)22(30)24(25)32/h6-7,10,12H,8-9,11H2,1-5H3,(H,34,35). The van der Waals surface area contributed by atoms with E-state index >= 15 is 0 Å². The third-order valence-corrected chi connectivity index (χ3v) is 7.17. The van der Waals surface area contributed by atoms with Crippen LogP contribution in [0.4, 0.5) is 23.2 Å². The van der Waals surface area contributed by atoms with Crippen LogP contribution in [0.15, 0.2) is 28.7 Å². The van der Waals surface area contributed by atoms with Gasteiger partial charge in [0, 0.05) is 6.42 Å².